The average molecular weight is 218 g/mol. The molecule has 0 radical (unpaired) electrons. The number of rotatable bonds is 3. The summed E-state index contributed by atoms with van der Waals surface area (Å²) in [5, 5.41) is 19.7. The molecule has 0 saturated heterocycles. The maximum atomic E-state index is 9.84. The van der Waals surface area contributed by atoms with E-state index in [1.807, 2.05) is 0 Å². The van der Waals surface area contributed by atoms with Gasteiger partial charge in [-0.15, -0.1) is 0 Å². The summed E-state index contributed by atoms with van der Waals surface area (Å²) in [4.78, 5) is 19.7. The first-order valence-corrected chi connectivity index (χ1v) is 2.51. The van der Waals surface area contributed by atoms with Gasteiger partial charge in [-0.05, 0) is 6.42 Å². The van der Waals surface area contributed by atoms with Gasteiger partial charge in [0.2, 0.25) is 0 Å². The van der Waals surface area contributed by atoms with E-state index in [4.69, 9.17) is 0 Å². The van der Waals surface area contributed by atoms with Gasteiger partial charge in [0, 0.05) is 5.92 Å². The largest absolute Gasteiger partial charge is 2.00 e. The molecule has 0 aliphatic carbocycles. The van der Waals surface area contributed by atoms with Crippen molar-refractivity contribution in [1.29, 1.82) is 0 Å². The Hall–Kier alpha value is 0.421. The molecule has 0 N–H and O–H groups in total. The summed E-state index contributed by atoms with van der Waals surface area (Å²) in [6, 6.07) is 0. The number of carbonyl (C=O) groups excluding carboxylic acids is 2. The zero-order valence-electron chi connectivity index (χ0n) is 5.62. The molecule has 0 fully saturated rings. The molecule has 10 heavy (non-hydrogen) atoms. The number of aliphatic carboxylic acids is 2. The van der Waals surface area contributed by atoms with Crippen molar-refractivity contribution in [3.63, 3.8) is 0 Å². The van der Waals surface area contributed by atoms with Gasteiger partial charge in [-0.2, -0.15) is 0 Å². The van der Waals surface area contributed by atoms with E-state index in [1.165, 1.54) is 6.92 Å². The van der Waals surface area contributed by atoms with Gasteiger partial charge in [0.15, 0.2) is 0 Å². The molecule has 0 aromatic carbocycles. The molecule has 5 heteroatoms. The number of carboxylic acid groups (broad SMARTS) is 2. The van der Waals surface area contributed by atoms with Crippen LogP contribution in [0.3, 0.4) is 0 Å². The summed E-state index contributed by atoms with van der Waals surface area (Å²) in [6.45, 7) is 1.44. The Bertz CT molecular complexity index is 120. The Morgan fingerprint density at radius 1 is 1.30 bits per heavy atom. The van der Waals surface area contributed by atoms with E-state index in [2.05, 4.69) is 0 Å². The van der Waals surface area contributed by atoms with Crippen molar-refractivity contribution < 1.29 is 19.8 Å². The molecule has 0 aromatic rings. The topological polar surface area (TPSA) is 80.3 Å². The molecule has 4 nitrogen and oxygen atoms in total. The molecule has 0 saturated carbocycles. The SMILES string of the molecule is CCC(C(=O)[O-])C(=O)[O-].[Sr+2]. The quantitative estimate of drug-likeness (QED) is 0.376. The number of hydrogen-bond donors (Lipinski definition) is 0. The van der Waals surface area contributed by atoms with Gasteiger partial charge in [-0.3, -0.25) is 0 Å². The fraction of sp³-hybridized carbons (Fsp3) is 0.600. The van der Waals surface area contributed by atoms with Crippen LogP contribution in [-0.4, -0.2) is 57.4 Å². The molecule has 0 unspecified atom stereocenters. The van der Waals surface area contributed by atoms with Crippen molar-refractivity contribution in [3.8, 4) is 0 Å². The second-order valence-electron chi connectivity index (χ2n) is 1.60. The van der Waals surface area contributed by atoms with Crippen molar-refractivity contribution >= 4 is 57.4 Å². The molecular weight excluding hydrogens is 212 g/mol. The van der Waals surface area contributed by atoms with E-state index in [1.54, 1.807) is 0 Å². The Morgan fingerprint density at radius 3 is 1.60 bits per heavy atom. The van der Waals surface area contributed by atoms with Crippen molar-refractivity contribution in [2.45, 2.75) is 13.3 Å². The van der Waals surface area contributed by atoms with E-state index < -0.39 is 17.9 Å². The second kappa shape index (κ2) is 6.15. The molecule has 52 valence electrons. The number of carbonyl (C=O) groups is 2. The van der Waals surface area contributed by atoms with Gasteiger partial charge in [-0.25, -0.2) is 0 Å². The van der Waals surface area contributed by atoms with E-state index in [9.17, 15) is 19.8 Å². The van der Waals surface area contributed by atoms with E-state index in [-0.39, 0.29) is 51.9 Å². The number of carboxylic acids is 2. The monoisotopic (exact) mass is 218 g/mol. The molecular formula is C5H6O4Sr. The van der Waals surface area contributed by atoms with E-state index in [0.717, 1.165) is 0 Å². The Labute approximate surface area is 95.5 Å². The normalized spacial score (nSPS) is 8.60. The second-order valence-corrected chi connectivity index (χ2v) is 1.60. The van der Waals surface area contributed by atoms with Crippen LogP contribution in [0.1, 0.15) is 13.3 Å². The molecule has 0 heterocycles. The third-order valence-corrected chi connectivity index (χ3v) is 0.977. The van der Waals surface area contributed by atoms with E-state index >= 15 is 0 Å². The van der Waals surface area contributed by atoms with Crippen LogP contribution in [0.25, 0.3) is 0 Å². The predicted molar refractivity (Wildman–Crippen MR) is 29.5 cm³/mol. The number of hydrogen-bond acceptors (Lipinski definition) is 4. The van der Waals surface area contributed by atoms with Crippen molar-refractivity contribution in [2.75, 3.05) is 0 Å². The van der Waals surface area contributed by atoms with Gasteiger partial charge in [0.1, 0.15) is 0 Å². The van der Waals surface area contributed by atoms with Crippen molar-refractivity contribution in [2.24, 2.45) is 5.92 Å². The Kier molecular flexibility index (Phi) is 8.02. The molecule has 0 atom stereocenters. The van der Waals surface area contributed by atoms with Gasteiger partial charge in [-0.1, -0.05) is 6.92 Å². The van der Waals surface area contributed by atoms with Crippen LogP contribution in [0, 0.1) is 5.92 Å². The molecule has 0 aliphatic rings. The average Bonchev–Trinajstić information content (AvgIpc) is 1.64. The molecule has 0 rings (SSSR count). The minimum Gasteiger partial charge on any atom is -0.549 e. The fourth-order valence-corrected chi connectivity index (χ4v) is 0.430. The van der Waals surface area contributed by atoms with Crippen molar-refractivity contribution in [1.82, 2.24) is 0 Å². The summed E-state index contributed by atoms with van der Waals surface area (Å²) in [7, 11) is 0. The van der Waals surface area contributed by atoms with Crippen LogP contribution in [0.4, 0.5) is 0 Å². The predicted octanol–water partition coefficient (Wildman–Crippen LogP) is -2.87. The summed E-state index contributed by atoms with van der Waals surface area (Å²) in [5.74, 6) is -4.64. The smallest absolute Gasteiger partial charge is 0.549 e. The maximum Gasteiger partial charge on any atom is 2.00 e. The third kappa shape index (κ3) is 4.27. The Morgan fingerprint density at radius 2 is 1.60 bits per heavy atom. The molecule has 0 aliphatic heterocycles. The molecule has 0 bridgehead atoms. The molecule has 0 spiro atoms. The minimum absolute atomic E-state index is 0. The first-order valence-electron chi connectivity index (χ1n) is 2.51. The molecule has 0 aromatic heterocycles. The van der Waals surface area contributed by atoms with Crippen LogP contribution < -0.4 is 10.2 Å². The first kappa shape index (κ1) is 13.0. The van der Waals surface area contributed by atoms with Gasteiger partial charge in [0.25, 0.3) is 0 Å². The van der Waals surface area contributed by atoms with Crippen LogP contribution in [0.15, 0.2) is 0 Å². The van der Waals surface area contributed by atoms with Gasteiger partial charge in [0.05, 0.1) is 11.9 Å². The van der Waals surface area contributed by atoms with Gasteiger partial charge < -0.3 is 19.8 Å². The van der Waals surface area contributed by atoms with Gasteiger partial charge >= 0.3 is 45.5 Å². The van der Waals surface area contributed by atoms with Crippen molar-refractivity contribution in [3.05, 3.63) is 0 Å². The summed E-state index contributed by atoms with van der Waals surface area (Å²) < 4.78 is 0. The van der Waals surface area contributed by atoms with Crippen LogP contribution in [0.5, 0.6) is 0 Å². The standard InChI is InChI=1S/C5H8O4.Sr/c1-2-3(4(6)7)5(8)9;/h3H,2H2,1H3,(H,6,7)(H,8,9);/q;+2/p-2. The zero-order valence-corrected chi connectivity index (χ0v) is 9.10. The molecule has 0 amide bonds. The third-order valence-electron chi connectivity index (χ3n) is 0.977. The fourth-order valence-electron chi connectivity index (χ4n) is 0.430. The van der Waals surface area contributed by atoms with E-state index in [0.29, 0.717) is 0 Å². The zero-order chi connectivity index (χ0) is 7.44. The van der Waals surface area contributed by atoms with Crippen LogP contribution >= 0.6 is 0 Å². The minimum atomic E-state index is -1.59. The summed E-state index contributed by atoms with van der Waals surface area (Å²) in [6.07, 6.45) is 0.00463. The maximum absolute atomic E-state index is 9.84. The first-order chi connectivity index (χ1) is 4.09. The van der Waals surface area contributed by atoms with Crippen LogP contribution in [0.2, 0.25) is 0 Å². The summed E-state index contributed by atoms with van der Waals surface area (Å²) >= 11 is 0. The summed E-state index contributed by atoms with van der Waals surface area (Å²) in [5.41, 5.74) is 0. The Balaban J connectivity index is 0. The van der Waals surface area contributed by atoms with Crippen LogP contribution in [-0.2, 0) is 9.59 Å².